The lowest BCUT2D eigenvalue weighted by atomic mass is 10.0. The molecule has 2 amide bonds. The quantitative estimate of drug-likeness (QED) is 0.663. The fourth-order valence-corrected chi connectivity index (χ4v) is 3.93. The summed E-state index contributed by atoms with van der Waals surface area (Å²) in [5.74, 6) is -0.649. The van der Waals surface area contributed by atoms with Crippen LogP contribution in [-0.4, -0.2) is 39.7 Å². The molecule has 8 heteroatoms. The number of benzene rings is 1. The van der Waals surface area contributed by atoms with E-state index < -0.39 is 0 Å². The van der Waals surface area contributed by atoms with E-state index >= 15 is 0 Å². The normalized spacial score (nSPS) is 13.3. The van der Waals surface area contributed by atoms with Gasteiger partial charge in [0.2, 0.25) is 0 Å². The van der Waals surface area contributed by atoms with Gasteiger partial charge in [0, 0.05) is 25.0 Å². The van der Waals surface area contributed by atoms with E-state index in [0.717, 1.165) is 30.8 Å². The Morgan fingerprint density at radius 2 is 1.97 bits per heavy atom. The van der Waals surface area contributed by atoms with Crippen LogP contribution in [0.1, 0.15) is 33.7 Å². The van der Waals surface area contributed by atoms with Gasteiger partial charge in [0.05, 0.1) is 23.2 Å². The molecule has 0 saturated heterocycles. The first-order valence-electron chi connectivity index (χ1n) is 9.67. The van der Waals surface area contributed by atoms with Gasteiger partial charge in [-0.3, -0.25) is 25.1 Å². The van der Waals surface area contributed by atoms with Crippen LogP contribution in [0.5, 0.6) is 0 Å². The van der Waals surface area contributed by atoms with E-state index in [9.17, 15) is 9.59 Å². The van der Waals surface area contributed by atoms with E-state index in [1.54, 1.807) is 17.8 Å². The first-order valence-corrected chi connectivity index (χ1v) is 9.67. The molecule has 4 rings (SSSR count). The van der Waals surface area contributed by atoms with Crippen LogP contribution in [-0.2, 0) is 18.3 Å². The SMILES string of the molecule is Cc1cc(C(=O)NNC(=O)CN2CCCc3ccccc32)c2c(C)nn(C)c2n1. The van der Waals surface area contributed by atoms with E-state index in [2.05, 4.69) is 27.0 Å². The summed E-state index contributed by atoms with van der Waals surface area (Å²) in [4.78, 5) is 31.7. The minimum Gasteiger partial charge on any atom is -0.362 e. The number of amides is 2. The van der Waals surface area contributed by atoms with Crippen molar-refractivity contribution in [2.75, 3.05) is 18.0 Å². The predicted octanol–water partition coefficient (Wildman–Crippen LogP) is 1.80. The third-order valence-electron chi connectivity index (χ3n) is 5.20. The molecule has 0 aliphatic carbocycles. The monoisotopic (exact) mass is 392 g/mol. The first kappa shape index (κ1) is 18.9. The molecule has 1 aromatic carbocycles. The highest BCUT2D eigenvalue weighted by Crippen LogP contribution is 2.26. The molecule has 0 saturated carbocycles. The number of hydrazine groups is 1. The number of aryl methyl sites for hydroxylation is 4. The second kappa shape index (κ2) is 7.54. The molecule has 0 bridgehead atoms. The zero-order valence-electron chi connectivity index (χ0n) is 16.8. The minimum absolute atomic E-state index is 0.188. The van der Waals surface area contributed by atoms with E-state index in [-0.39, 0.29) is 18.4 Å². The standard InChI is InChI=1S/C21H24N6O2/c1-13-11-16(19-14(2)25-26(3)20(19)22-13)21(29)24-23-18(28)12-27-10-6-8-15-7-4-5-9-17(15)27/h4-5,7,9,11H,6,8,10,12H2,1-3H3,(H,23,28)(H,24,29). The lowest BCUT2D eigenvalue weighted by Crippen LogP contribution is -2.47. The summed E-state index contributed by atoms with van der Waals surface area (Å²) >= 11 is 0. The van der Waals surface area contributed by atoms with Crippen molar-refractivity contribution in [1.82, 2.24) is 25.6 Å². The molecule has 0 fully saturated rings. The Hall–Kier alpha value is -3.42. The molecule has 8 nitrogen and oxygen atoms in total. The molecule has 3 heterocycles. The number of rotatable bonds is 3. The summed E-state index contributed by atoms with van der Waals surface area (Å²) in [7, 11) is 1.79. The molecule has 0 radical (unpaired) electrons. The topological polar surface area (TPSA) is 92.2 Å². The van der Waals surface area contributed by atoms with Crippen LogP contribution in [0.25, 0.3) is 11.0 Å². The predicted molar refractivity (Wildman–Crippen MR) is 111 cm³/mol. The van der Waals surface area contributed by atoms with Gasteiger partial charge in [-0.2, -0.15) is 5.10 Å². The Bertz CT molecular complexity index is 1100. The molecule has 150 valence electrons. The number of nitrogens with one attached hydrogen (secondary N) is 2. The Labute approximate surface area is 168 Å². The number of anilines is 1. The molecule has 1 aliphatic rings. The summed E-state index contributed by atoms with van der Waals surface area (Å²) in [6, 6.07) is 9.82. The second-order valence-electron chi connectivity index (χ2n) is 7.37. The Morgan fingerprint density at radius 3 is 2.79 bits per heavy atom. The van der Waals surface area contributed by atoms with Crippen molar-refractivity contribution in [3.63, 3.8) is 0 Å². The fourth-order valence-electron chi connectivity index (χ4n) is 3.93. The average molecular weight is 392 g/mol. The van der Waals surface area contributed by atoms with Crippen LogP contribution < -0.4 is 15.8 Å². The van der Waals surface area contributed by atoms with E-state index in [4.69, 9.17) is 0 Å². The van der Waals surface area contributed by atoms with Gasteiger partial charge in [0.15, 0.2) is 5.65 Å². The number of hydrogen-bond acceptors (Lipinski definition) is 5. The molecular formula is C21H24N6O2. The van der Waals surface area contributed by atoms with E-state index in [0.29, 0.717) is 22.3 Å². The highest BCUT2D eigenvalue weighted by Gasteiger charge is 2.20. The maximum absolute atomic E-state index is 12.8. The summed E-state index contributed by atoms with van der Waals surface area (Å²) in [5.41, 5.74) is 9.93. The number of carbonyl (C=O) groups excluding carboxylic acids is 2. The van der Waals surface area contributed by atoms with Gasteiger partial charge in [-0.1, -0.05) is 18.2 Å². The fraction of sp³-hybridized carbons (Fsp3) is 0.333. The molecule has 0 spiro atoms. The number of hydrogen-bond donors (Lipinski definition) is 2. The molecule has 0 unspecified atom stereocenters. The van der Waals surface area contributed by atoms with E-state index in [1.165, 1.54) is 5.56 Å². The minimum atomic E-state index is -0.385. The van der Waals surface area contributed by atoms with Crippen molar-refractivity contribution in [2.24, 2.45) is 7.05 Å². The average Bonchev–Trinajstić information content (AvgIpc) is 2.99. The smallest absolute Gasteiger partial charge is 0.270 e. The number of nitrogens with zero attached hydrogens (tertiary/aromatic N) is 4. The molecule has 29 heavy (non-hydrogen) atoms. The van der Waals surface area contributed by atoms with Crippen molar-refractivity contribution in [1.29, 1.82) is 0 Å². The van der Waals surface area contributed by atoms with Gasteiger partial charge in [-0.25, -0.2) is 4.98 Å². The Balaban J connectivity index is 1.46. The number of pyridine rings is 1. The second-order valence-corrected chi connectivity index (χ2v) is 7.37. The Morgan fingerprint density at radius 1 is 1.17 bits per heavy atom. The zero-order chi connectivity index (χ0) is 20.5. The highest BCUT2D eigenvalue weighted by atomic mass is 16.2. The maximum atomic E-state index is 12.8. The van der Waals surface area contributed by atoms with Gasteiger partial charge < -0.3 is 4.90 Å². The number of fused-ring (bicyclic) bond motifs is 2. The van der Waals surface area contributed by atoms with Gasteiger partial charge in [-0.05, 0) is 44.4 Å². The van der Waals surface area contributed by atoms with Crippen LogP contribution in [0.15, 0.2) is 30.3 Å². The van der Waals surface area contributed by atoms with Gasteiger partial charge in [0.25, 0.3) is 11.8 Å². The van der Waals surface area contributed by atoms with Crippen molar-refractivity contribution >= 4 is 28.5 Å². The molecule has 3 aromatic rings. The van der Waals surface area contributed by atoms with Crippen LogP contribution in [0.3, 0.4) is 0 Å². The lowest BCUT2D eigenvalue weighted by Gasteiger charge is -2.30. The molecule has 2 N–H and O–H groups in total. The molecular weight excluding hydrogens is 368 g/mol. The van der Waals surface area contributed by atoms with Crippen molar-refractivity contribution < 1.29 is 9.59 Å². The van der Waals surface area contributed by atoms with Crippen molar-refractivity contribution in [3.8, 4) is 0 Å². The number of carbonyl (C=O) groups is 2. The van der Waals surface area contributed by atoms with Crippen LogP contribution in [0, 0.1) is 13.8 Å². The summed E-state index contributed by atoms with van der Waals surface area (Å²) in [5, 5.41) is 5.04. The van der Waals surface area contributed by atoms with Crippen LogP contribution in [0.4, 0.5) is 5.69 Å². The highest BCUT2D eigenvalue weighted by molar-refractivity contribution is 6.07. The molecule has 2 aromatic heterocycles. The Kier molecular flexibility index (Phi) is 4.92. The lowest BCUT2D eigenvalue weighted by molar-refractivity contribution is -0.120. The van der Waals surface area contributed by atoms with Crippen molar-refractivity contribution in [2.45, 2.75) is 26.7 Å². The van der Waals surface area contributed by atoms with Gasteiger partial charge in [0.1, 0.15) is 0 Å². The van der Waals surface area contributed by atoms with Crippen LogP contribution >= 0.6 is 0 Å². The number of para-hydroxylation sites is 1. The largest absolute Gasteiger partial charge is 0.362 e. The molecule has 0 atom stereocenters. The van der Waals surface area contributed by atoms with Gasteiger partial charge >= 0.3 is 0 Å². The zero-order valence-corrected chi connectivity index (χ0v) is 16.8. The van der Waals surface area contributed by atoms with Crippen molar-refractivity contribution in [3.05, 3.63) is 52.8 Å². The molecule has 1 aliphatic heterocycles. The third-order valence-corrected chi connectivity index (χ3v) is 5.20. The summed E-state index contributed by atoms with van der Waals surface area (Å²) in [6.45, 7) is 4.67. The maximum Gasteiger partial charge on any atom is 0.270 e. The summed E-state index contributed by atoms with van der Waals surface area (Å²) in [6.07, 6.45) is 2.03. The van der Waals surface area contributed by atoms with Gasteiger partial charge in [-0.15, -0.1) is 0 Å². The van der Waals surface area contributed by atoms with Crippen LogP contribution in [0.2, 0.25) is 0 Å². The summed E-state index contributed by atoms with van der Waals surface area (Å²) < 4.78 is 1.65. The third kappa shape index (κ3) is 3.65. The number of aromatic nitrogens is 3. The first-order chi connectivity index (χ1) is 13.9. The van der Waals surface area contributed by atoms with E-state index in [1.807, 2.05) is 36.9 Å².